The molecular weight excluding hydrogens is 178 g/mol. The van der Waals surface area contributed by atoms with Crippen molar-refractivity contribution in [2.75, 3.05) is 0 Å². The highest BCUT2D eigenvalue weighted by Gasteiger charge is 2.19. The number of aromatic nitrogens is 2. The third-order valence-electron chi connectivity index (χ3n) is 1.84. The molecule has 4 nitrogen and oxygen atoms in total. The van der Waals surface area contributed by atoms with E-state index in [0.29, 0.717) is 5.69 Å². The van der Waals surface area contributed by atoms with Crippen LogP contribution in [0.4, 0.5) is 0 Å². The lowest BCUT2D eigenvalue weighted by molar-refractivity contribution is 0.0924. The summed E-state index contributed by atoms with van der Waals surface area (Å²) in [5.41, 5.74) is 0.609. The van der Waals surface area contributed by atoms with E-state index < -0.39 is 5.54 Å². The minimum atomic E-state index is -0.644. The molecule has 1 amide bonds. The summed E-state index contributed by atoms with van der Waals surface area (Å²) in [4.78, 5) is 11.6. The summed E-state index contributed by atoms with van der Waals surface area (Å²) in [7, 11) is 0. The fourth-order valence-corrected chi connectivity index (χ4v) is 0.959. The zero-order chi connectivity index (χ0) is 10.8. The number of hydrogen-bond donors (Lipinski definition) is 2. The topological polar surface area (TPSA) is 57.8 Å². The van der Waals surface area contributed by atoms with Crippen LogP contribution >= 0.6 is 0 Å². The van der Waals surface area contributed by atoms with Gasteiger partial charge in [-0.2, -0.15) is 5.10 Å². The van der Waals surface area contributed by atoms with Crippen molar-refractivity contribution in [2.45, 2.75) is 26.3 Å². The minimum absolute atomic E-state index is 0.233. The van der Waals surface area contributed by atoms with Crippen LogP contribution in [0.25, 0.3) is 0 Å². The van der Waals surface area contributed by atoms with Crippen molar-refractivity contribution in [3.8, 4) is 12.3 Å². The number of terminal acetylenes is 1. The second kappa shape index (κ2) is 3.54. The van der Waals surface area contributed by atoms with Gasteiger partial charge >= 0.3 is 0 Å². The number of H-pyrrole nitrogens is 1. The molecule has 1 rings (SSSR count). The first-order chi connectivity index (χ1) is 6.46. The summed E-state index contributed by atoms with van der Waals surface area (Å²) in [5, 5.41) is 9.09. The van der Waals surface area contributed by atoms with Gasteiger partial charge in [0.2, 0.25) is 0 Å². The Hall–Kier alpha value is -1.76. The van der Waals surface area contributed by atoms with Gasteiger partial charge in [-0.25, -0.2) is 0 Å². The first-order valence-corrected chi connectivity index (χ1v) is 4.26. The van der Waals surface area contributed by atoms with Gasteiger partial charge in [0, 0.05) is 0 Å². The van der Waals surface area contributed by atoms with E-state index in [-0.39, 0.29) is 5.91 Å². The molecule has 0 aromatic carbocycles. The summed E-state index contributed by atoms with van der Waals surface area (Å²) in [6.45, 7) is 5.33. The third kappa shape index (κ3) is 2.13. The highest BCUT2D eigenvalue weighted by molar-refractivity contribution is 5.94. The van der Waals surface area contributed by atoms with Crippen LogP contribution in [0.5, 0.6) is 0 Å². The average Bonchev–Trinajstić information content (AvgIpc) is 2.51. The molecule has 0 atom stereocenters. The highest BCUT2D eigenvalue weighted by Crippen LogP contribution is 2.05. The Morgan fingerprint density at radius 3 is 2.79 bits per heavy atom. The lowest BCUT2D eigenvalue weighted by Crippen LogP contribution is -2.42. The quantitative estimate of drug-likeness (QED) is 0.681. The Morgan fingerprint density at radius 2 is 2.36 bits per heavy atom. The molecule has 2 N–H and O–H groups in total. The van der Waals surface area contributed by atoms with E-state index >= 15 is 0 Å². The van der Waals surface area contributed by atoms with Crippen LogP contribution in [0.1, 0.15) is 29.9 Å². The van der Waals surface area contributed by atoms with E-state index in [2.05, 4.69) is 21.4 Å². The lowest BCUT2D eigenvalue weighted by atomic mass is 10.1. The zero-order valence-electron chi connectivity index (χ0n) is 8.51. The molecule has 0 aliphatic heterocycles. The van der Waals surface area contributed by atoms with E-state index in [4.69, 9.17) is 6.42 Å². The predicted molar refractivity (Wildman–Crippen MR) is 53.7 cm³/mol. The van der Waals surface area contributed by atoms with E-state index in [1.165, 1.54) is 0 Å². The number of rotatable bonds is 2. The molecule has 1 heterocycles. The van der Waals surface area contributed by atoms with Crippen molar-refractivity contribution in [3.63, 3.8) is 0 Å². The molecule has 0 fully saturated rings. The van der Waals surface area contributed by atoms with Crippen molar-refractivity contribution in [3.05, 3.63) is 17.5 Å². The molecule has 0 spiro atoms. The normalized spacial score (nSPS) is 10.7. The van der Waals surface area contributed by atoms with Gasteiger partial charge < -0.3 is 5.32 Å². The molecule has 0 saturated heterocycles. The second-order valence-electron chi connectivity index (χ2n) is 3.65. The number of amides is 1. The predicted octanol–water partition coefficient (Wildman–Crippen LogP) is 0.860. The van der Waals surface area contributed by atoms with Crippen LogP contribution in [0.15, 0.2) is 6.20 Å². The molecule has 74 valence electrons. The Bertz CT molecular complexity index is 384. The average molecular weight is 191 g/mol. The maximum Gasteiger partial charge on any atom is 0.270 e. The smallest absolute Gasteiger partial charge is 0.270 e. The monoisotopic (exact) mass is 191 g/mol. The molecule has 0 radical (unpaired) electrons. The molecule has 1 aromatic rings. The second-order valence-corrected chi connectivity index (χ2v) is 3.65. The van der Waals surface area contributed by atoms with Gasteiger partial charge in [-0.3, -0.25) is 9.89 Å². The molecule has 1 aromatic heterocycles. The number of aromatic amines is 1. The highest BCUT2D eigenvalue weighted by atomic mass is 16.2. The maximum absolute atomic E-state index is 11.6. The number of aryl methyl sites for hydroxylation is 1. The number of carbonyl (C=O) groups is 1. The van der Waals surface area contributed by atoms with Crippen LogP contribution in [-0.2, 0) is 0 Å². The van der Waals surface area contributed by atoms with E-state index in [9.17, 15) is 4.79 Å². The van der Waals surface area contributed by atoms with Crippen LogP contribution < -0.4 is 5.32 Å². The van der Waals surface area contributed by atoms with Crippen molar-refractivity contribution in [2.24, 2.45) is 0 Å². The Morgan fingerprint density at radius 1 is 1.71 bits per heavy atom. The Kier molecular flexibility index (Phi) is 2.61. The lowest BCUT2D eigenvalue weighted by Gasteiger charge is -2.18. The van der Waals surface area contributed by atoms with Crippen molar-refractivity contribution in [1.29, 1.82) is 0 Å². The van der Waals surface area contributed by atoms with Gasteiger partial charge in [0.05, 0.1) is 11.7 Å². The molecule has 0 saturated carbocycles. The summed E-state index contributed by atoms with van der Waals surface area (Å²) in [6, 6.07) is 0. The summed E-state index contributed by atoms with van der Waals surface area (Å²) >= 11 is 0. The molecule has 14 heavy (non-hydrogen) atoms. The standard InChI is InChI=1S/C10H13N3O/c1-5-10(3,4)12-9(14)8-7(2)6-11-13-8/h1,6H,2-4H3,(H,11,13)(H,12,14). The van der Waals surface area contributed by atoms with Gasteiger partial charge in [-0.15, -0.1) is 6.42 Å². The molecular formula is C10H13N3O. The number of hydrogen-bond acceptors (Lipinski definition) is 2. The Labute approximate surface area is 83.1 Å². The zero-order valence-corrected chi connectivity index (χ0v) is 8.51. The molecule has 4 heteroatoms. The number of carbonyl (C=O) groups excluding carboxylic acids is 1. The largest absolute Gasteiger partial charge is 0.335 e. The number of nitrogens with zero attached hydrogens (tertiary/aromatic N) is 1. The number of nitrogens with one attached hydrogen (secondary N) is 2. The van der Waals surface area contributed by atoms with Crippen molar-refractivity contribution < 1.29 is 4.79 Å². The molecule has 0 aliphatic rings. The fraction of sp³-hybridized carbons (Fsp3) is 0.400. The molecule has 0 aliphatic carbocycles. The first-order valence-electron chi connectivity index (χ1n) is 4.26. The van der Waals surface area contributed by atoms with Gasteiger partial charge in [-0.1, -0.05) is 5.92 Å². The van der Waals surface area contributed by atoms with Crippen molar-refractivity contribution in [1.82, 2.24) is 15.5 Å². The summed E-state index contributed by atoms with van der Waals surface area (Å²) in [5.74, 6) is 2.25. The van der Waals surface area contributed by atoms with E-state index in [1.807, 2.05) is 0 Å². The molecule has 0 bridgehead atoms. The van der Waals surface area contributed by atoms with Crippen molar-refractivity contribution >= 4 is 5.91 Å². The van der Waals surface area contributed by atoms with Crippen LogP contribution in [-0.4, -0.2) is 21.6 Å². The summed E-state index contributed by atoms with van der Waals surface area (Å²) < 4.78 is 0. The van der Waals surface area contributed by atoms with Gasteiger partial charge in [0.15, 0.2) is 0 Å². The molecule has 0 unspecified atom stereocenters. The van der Waals surface area contributed by atoms with Gasteiger partial charge in [-0.05, 0) is 26.3 Å². The van der Waals surface area contributed by atoms with Gasteiger partial charge in [0.25, 0.3) is 5.91 Å². The minimum Gasteiger partial charge on any atom is -0.335 e. The van der Waals surface area contributed by atoms with Crippen LogP contribution in [0, 0.1) is 19.3 Å². The summed E-state index contributed by atoms with van der Waals surface area (Å²) in [6.07, 6.45) is 6.85. The third-order valence-corrected chi connectivity index (χ3v) is 1.84. The van der Waals surface area contributed by atoms with E-state index in [0.717, 1.165) is 5.56 Å². The Balaban J connectivity index is 2.80. The van der Waals surface area contributed by atoms with Gasteiger partial charge in [0.1, 0.15) is 5.69 Å². The first kappa shape index (κ1) is 10.3. The SMILES string of the molecule is C#CC(C)(C)NC(=O)c1[nH]ncc1C. The van der Waals surface area contributed by atoms with Crippen LogP contribution in [0.3, 0.4) is 0 Å². The van der Waals surface area contributed by atoms with E-state index in [1.54, 1.807) is 27.0 Å². The van der Waals surface area contributed by atoms with Crippen LogP contribution in [0.2, 0.25) is 0 Å². The maximum atomic E-state index is 11.6. The fourth-order valence-electron chi connectivity index (χ4n) is 0.959.